The summed E-state index contributed by atoms with van der Waals surface area (Å²) in [5, 5.41) is 8.93. The van der Waals surface area contributed by atoms with E-state index in [1.807, 2.05) is 25.1 Å². The number of aliphatic hydroxyl groups is 1. The summed E-state index contributed by atoms with van der Waals surface area (Å²) in [6.07, 6.45) is 0. The Morgan fingerprint density at radius 2 is 2.07 bits per heavy atom. The molecule has 0 aromatic heterocycles. The Balaban J connectivity index is 2.69. The van der Waals surface area contributed by atoms with Gasteiger partial charge in [0.2, 0.25) is 0 Å². The highest BCUT2D eigenvalue weighted by Gasteiger charge is 2.01. The molecule has 78 valence electrons. The van der Waals surface area contributed by atoms with E-state index in [0.29, 0.717) is 5.92 Å². The van der Waals surface area contributed by atoms with E-state index in [1.54, 1.807) is 0 Å². The first-order chi connectivity index (χ1) is 6.63. The van der Waals surface area contributed by atoms with Crippen molar-refractivity contribution in [2.24, 2.45) is 5.92 Å². The monoisotopic (exact) mass is 194 g/mol. The van der Waals surface area contributed by atoms with Crippen molar-refractivity contribution in [2.45, 2.75) is 27.4 Å². The van der Waals surface area contributed by atoms with E-state index in [9.17, 15) is 0 Å². The van der Waals surface area contributed by atoms with Crippen molar-refractivity contribution in [1.82, 2.24) is 0 Å². The van der Waals surface area contributed by atoms with Gasteiger partial charge in [-0.2, -0.15) is 0 Å². The van der Waals surface area contributed by atoms with Crippen molar-refractivity contribution >= 4 is 0 Å². The predicted octanol–water partition coefficient (Wildman–Crippen LogP) is 2.52. The molecule has 1 aromatic carbocycles. The van der Waals surface area contributed by atoms with Crippen molar-refractivity contribution in [1.29, 1.82) is 0 Å². The zero-order chi connectivity index (χ0) is 10.6. The number of aliphatic hydroxyl groups excluding tert-OH is 1. The number of benzene rings is 1. The molecular weight excluding hydrogens is 176 g/mol. The third kappa shape index (κ3) is 3.04. The first kappa shape index (κ1) is 11.1. The fraction of sp³-hybridized carbons (Fsp3) is 0.500. The molecule has 0 saturated heterocycles. The van der Waals surface area contributed by atoms with Crippen LogP contribution in [0.5, 0.6) is 5.75 Å². The van der Waals surface area contributed by atoms with E-state index in [-0.39, 0.29) is 6.61 Å². The normalized spacial score (nSPS) is 10.6. The van der Waals surface area contributed by atoms with Crippen LogP contribution in [0.25, 0.3) is 0 Å². The lowest BCUT2D eigenvalue weighted by molar-refractivity contribution is 0.267. The minimum atomic E-state index is 0.0886. The van der Waals surface area contributed by atoms with Crippen LogP contribution in [0.2, 0.25) is 0 Å². The molecule has 0 heterocycles. The highest BCUT2D eigenvalue weighted by molar-refractivity contribution is 5.35. The molecule has 0 fully saturated rings. The van der Waals surface area contributed by atoms with Gasteiger partial charge in [0, 0.05) is 0 Å². The molecule has 1 rings (SSSR count). The lowest BCUT2D eigenvalue weighted by Gasteiger charge is -2.11. The van der Waals surface area contributed by atoms with E-state index in [4.69, 9.17) is 9.84 Å². The van der Waals surface area contributed by atoms with Gasteiger partial charge in [0.05, 0.1) is 13.2 Å². The Kier molecular flexibility index (Phi) is 3.96. The molecule has 14 heavy (non-hydrogen) atoms. The van der Waals surface area contributed by atoms with Crippen LogP contribution in [0.15, 0.2) is 18.2 Å². The summed E-state index contributed by atoms with van der Waals surface area (Å²) in [5.41, 5.74) is 2.01. The topological polar surface area (TPSA) is 29.5 Å². The fourth-order valence-electron chi connectivity index (χ4n) is 1.23. The summed E-state index contributed by atoms with van der Waals surface area (Å²) in [7, 11) is 0. The molecular formula is C12H18O2. The van der Waals surface area contributed by atoms with Crippen LogP contribution in [0.3, 0.4) is 0 Å². The Labute approximate surface area is 85.5 Å². The number of rotatable bonds is 4. The molecule has 2 heteroatoms. The molecule has 2 nitrogen and oxygen atoms in total. The maximum atomic E-state index is 8.93. The molecule has 0 aliphatic heterocycles. The molecule has 1 N–H and O–H groups in total. The zero-order valence-electron chi connectivity index (χ0n) is 9.08. The molecule has 0 bridgehead atoms. The average Bonchev–Trinajstić information content (AvgIpc) is 2.15. The Morgan fingerprint density at radius 1 is 1.36 bits per heavy atom. The van der Waals surface area contributed by atoms with Crippen molar-refractivity contribution in [3.8, 4) is 5.75 Å². The van der Waals surface area contributed by atoms with Gasteiger partial charge in [0.15, 0.2) is 0 Å². The summed E-state index contributed by atoms with van der Waals surface area (Å²) >= 11 is 0. The fourth-order valence-corrected chi connectivity index (χ4v) is 1.23. The molecule has 0 amide bonds. The molecule has 0 spiro atoms. The van der Waals surface area contributed by atoms with Crippen molar-refractivity contribution in [3.63, 3.8) is 0 Å². The minimum absolute atomic E-state index is 0.0886. The predicted molar refractivity (Wildman–Crippen MR) is 57.4 cm³/mol. The minimum Gasteiger partial charge on any atom is -0.493 e. The Bertz CT molecular complexity index is 292. The first-order valence-electron chi connectivity index (χ1n) is 4.96. The Morgan fingerprint density at radius 3 is 2.57 bits per heavy atom. The van der Waals surface area contributed by atoms with Gasteiger partial charge in [-0.25, -0.2) is 0 Å². The SMILES string of the molecule is Cc1cc(CO)ccc1OCC(C)C. The quantitative estimate of drug-likeness (QED) is 0.798. The van der Waals surface area contributed by atoms with Gasteiger partial charge in [-0.15, -0.1) is 0 Å². The van der Waals surface area contributed by atoms with Crippen molar-refractivity contribution < 1.29 is 9.84 Å². The van der Waals surface area contributed by atoms with Crippen LogP contribution < -0.4 is 4.74 Å². The molecule has 1 aromatic rings. The molecule has 0 aliphatic carbocycles. The number of hydrogen-bond acceptors (Lipinski definition) is 2. The highest BCUT2D eigenvalue weighted by Crippen LogP contribution is 2.19. The summed E-state index contributed by atoms with van der Waals surface area (Å²) in [6.45, 7) is 7.06. The maximum absolute atomic E-state index is 8.93. The smallest absolute Gasteiger partial charge is 0.122 e. The Hall–Kier alpha value is -1.02. The van der Waals surface area contributed by atoms with Crippen LogP contribution >= 0.6 is 0 Å². The van der Waals surface area contributed by atoms with E-state index in [0.717, 1.165) is 23.5 Å². The largest absolute Gasteiger partial charge is 0.493 e. The van der Waals surface area contributed by atoms with E-state index in [2.05, 4.69) is 13.8 Å². The van der Waals surface area contributed by atoms with Gasteiger partial charge >= 0.3 is 0 Å². The van der Waals surface area contributed by atoms with Gasteiger partial charge in [-0.3, -0.25) is 0 Å². The van der Waals surface area contributed by atoms with Crippen LogP contribution in [-0.2, 0) is 6.61 Å². The van der Waals surface area contributed by atoms with Gasteiger partial charge in [-0.1, -0.05) is 26.0 Å². The highest BCUT2D eigenvalue weighted by atomic mass is 16.5. The lowest BCUT2D eigenvalue weighted by atomic mass is 10.1. The van der Waals surface area contributed by atoms with Gasteiger partial charge < -0.3 is 9.84 Å². The molecule has 0 radical (unpaired) electrons. The van der Waals surface area contributed by atoms with E-state index in [1.165, 1.54) is 0 Å². The van der Waals surface area contributed by atoms with Crippen molar-refractivity contribution in [3.05, 3.63) is 29.3 Å². The van der Waals surface area contributed by atoms with Crippen molar-refractivity contribution in [2.75, 3.05) is 6.61 Å². The molecule has 0 saturated carbocycles. The second-order valence-corrected chi connectivity index (χ2v) is 3.96. The van der Waals surface area contributed by atoms with Crippen LogP contribution in [0, 0.1) is 12.8 Å². The zero-order valence-corrected chi connectivity index (χ0v) is 9.08. The van der Waals surface area contributed by atoms with E-state index < -0.39 is 0 Å². The number of ether oxygens (including phenoxy) is 1. The van der Waals surface area contributed by atoms with Gasteiger partial charge in [0.25, 0.3) is 0 Å². The summed E-state index contributed by atoms with van der Waals surface area (Å²) < 4.78 is 5.62. The second-order valence-electron chi connectivity index (χ2n) is 3.96. The summed E-state index contributed by atoms with van der Waals surface area (Å²) in [4.78, 5) is 0. The van der Waals surface area contributed by atoms with E-state index >= 15 is 0 Å². The van der Waals surface area contributed by atoms with Crippen LogP contribution in [-0.4, -0.2) is 11.7 Å². The molecule has 0 atom stereocenters. The van der Waals surface area contributed by atoms with Gasteiger partial charge in [-0.05, 0) is 30.0 Å². The third-order valence-corrected chi connectivity index (χ3v) is 1.99. The molecule has 0 unspecified atom stereocenters. The number of aryl methyl sites for hydroxylation is 1. The third-order valence-electron chi connectivity index (χ3n) is 1.99. The van der Waals surface area contributed by atoms with Crippen LogP contribution in [0.4, 0.5) is 0 Å². The van der Waals surface area contributed by atoms with Gasteiger partial charge in [0.1, 0.15) is 5.75 Å². The summed E-state index contributed by atoms with van der Waals surface area (Å²) in [5.74, 6) is 1.45. The standard InChI is InChI=1S/C12H18O2/c1-9(2)8-14-12-5-4-11(7-13)6-10(12)3/h4-6,9,13H,7-8H2,1-3H3. The average molecular weight is 194 g/mol. The molecule has 0 aliphatic rings. The first-order valence-corrected chi connectivity index (χ1v) is 4.96. The second kappa shape index (κ2) is 5.01. The lowest BCUT2D eigenvalue weighted by Crippen LogP contribution is -2.05. The number of hydrogen-bond donors (Lipinski definition) is 1. The van der Waals surface area contributed by atoms with Crippen LogP contribution in [0.1, 0.15) is 25.0 Å². The summed E-state index contributed by atoms with van der Waals surface area (Å²) in [6, 6.07) is 5.77. The maximum Gasteiger partial charge on any atom is 0.122 e.